The molecule has 3 heterocycles. The highest BCUT2D eigenvalue weighted by Gasteiger charge is 2.31. The second kappa shape index (κ2) is 11.1. The number of thiazole rings is 1. The number of rotatable bonds is 7. The minimum absolute atomic E-state index is 0.0996. The molecule has 1 saturated heterocycles. The third-order valence-electron chi connectivity index (χ3n) is 6.74. The summed E-state index contributed by atoms with van der Waals surface area (Å²) in [5.41, 5.74) is 8.09. The molecule has 0 aliphatic carbocycles. The van der Waals surface area contributed by atoms with E-state index in [-0.39, 0.29) is 23.1 Å². The zero-order chi connectivity index (χ0) is 27.5. The summed E-state index contributed by atoms with van der Waals surface area (Å²) in [6.45, 7) is 2.86. The lowest BCUT2D eigenvalue weighted by atomic mass is 9.96. The molecule has 2 aromatic heterocycles. The highest BCUT2D eigenvalue weighted by molar-refractivity contribution is 7.10. The fraction of sp³-hybridized carbons (Fsp3) is 0.250. The van der Waals surface area contributed by atoms with Crippen LogP contribution in [0.2, 0.25) is 0 Å². The largest absolute Gasteiger partial charge is 0.495 e. The Morgan fingerprint density at radius 3 is 2.56 bits per heavy atom. The van der Waals surface area contributed by atoms with Gasteiger partial charge in [0.1, 0.15) is 28.5 Å². The molecule has 0 atom stereocenters. The Bertz CT molecular complexity index is 1520. The van der Waals surface area contributed by atoms with Crippen LogP contribution in [0.4, 0.5) is 5.69 Å². The van der Waals surface area contributed by atoms with E-state index in [2.05, 4.69) is 15.5 Å². The molecule has 1 aliphatic heterocycles. The van der Waals surface area contributed by atoms with Crippen molar-refractivity contribution in [1.29, 1.82) is 0 Å². The van der Waals surface area contributed by atoms with Gasteiger partial charge in [-0.05, 0) is 38.0 Å². The average molecular weight is 546 g/mol. The fourth-order valence-electron chi connectivity index (χ4n) is 4.63. The van der Waals surface area contributed by atoms with Crippen LogP contribution in [0.1, 0.15) is 60.7 Å². The number of anilines is 1. The van der Waals surface area contributed by atoms with Crippen molar-refractivity contribution in [2.24, 2.45) is 5.73 Å². The number of methoxy groups -OCH3 is 1. The van der Waals surface area contributed by atoms with E-state index in [1.165, 1.54) is 30.6 Å². The van der Waals surface area contributed by atoms with E-state index in [0.717, 1.165) is 23.4 Å². The number of amides is 3. The van der Waals surface area contributed by atoms with Crippen molar-refractivity contribution in [2.45, 2.75) is 25.7 Å². The summed E-state index contributed by atoms with van der Waals surface area (Å²) in [4.78, 5) is 44.3. The SMILES string of the molecule is COc1ccc(C(N)=O)cc1NC(=O)c1csc(C2CCN(C(=O)c3c(-c4ccccc4)noc3C)CC2)n1. The van der Waals surface area contributed by atoms with Gasteiger partial charge >= 0.3 is 0 Å². The molecule has 0 unspecified atom stereocenters. The monoisotopic (exact) mass is 545 g/mol. The number of hydrogen-bond donors (Lipinski definition) is 2. The molecule has 5 rings (SSSR count). The van der Waals surface area contributed by atoms with E-state index in [0.29, 0.717) is 41.5 Å². The van der Waals surface area contributed by atoms with Gasteiger partial charge in [-0.1, -0.05) is 35.5 Å². The number of ether oxygens (including phenoxy) is 1. The molecule has 1 aliphatic rings. The van der Waals surface area contributed by atoms with Gasteiger partial charge in [0.05, 0.1) is 17.8 Å². The van der Waals surface area contributed by atoms with Crippen LogP contribution in [-0.2, 0) is 0 Å². The number of aromatic nitrogens is 2. The molecule has 2 aromatic carbocycles. The number of aryl methyl sites for hydroxylation is 1. The minimum atomic E-state index is -0.607. The van der Waals surface area contributed by atoms with E-state index in [9.17, 15) is 14.4 Å². The molecular weight excluding hydrogens is 518 g/mol. The number of benzene rings is 2. The van der Waals surface area contributed by atoms with Crippen LogP contribution in [-0.4, -0.2) is 53.0 Å². The van der Waals surface area contributed by atoms with Crippen molar-refractivity contribution in [3.05, 3.63) is 81.5 Å². The predicted molar refractivity (Wildman–Crippen MR) is 146 cm³/mol. The number of hydrogen-bond acceptors (Lipinski definition) is 8. The lowest BCUT2D eigenvalue weighted by Crippen LogP contribution is -2.38. The second-order valence-electron chi connectivity index (χ2n) is 9.20. The number of nitrogens with one attached hydrogen (secondary N) is 1. The highest BCUT2D eigenvalue weighted by Crippen LogP contribution is 2.33. The minimum Gasteiger partial charge on any atom is -0.495 e. The molecule has 0 bridgehead atoms. The van der Waals surface area contributed by atoms with Gasteiger partial charge in [0.15, 0.2) is 0 Å². The van der Waals surface area contributed by atoms with Crippen LogP contribution in [0.5, 0.6) is 5.75 Å². The first-order valence-electron chi connectivity index (χ1n) is 12.4. The van der Waals surface area contributed by atoms with Crippen LogP contribution in [0, 0.1) is 6.92 Å². The number of piperidine rings is 1. The van der Waals surface area contributed by atoms with E-state index >= 15 is 0 Å². The molecule has 4 aromatic rings. The maximum Gasteiger partial charge on any atom is 0.275 e. The van der Waals surface area contributed by atoms with Crippen molar-refractivity contribution in [1.82, 2.24) is 15.0 Å². The summed E-state index contributed by atoms with van der Waals surface area (Å²) in [7, 11) is 1.47. The van der Waals surface area contributed by atoms with Gasteiger partial charge in [0, 0.05) is 35.5 Å². The topological polar surface area (TPSA) is 141 Å². The zero-order valence-electron chi connectivity index (χ0n) is 21.5. The number of carbonyl (C=O) groups excluding carboxylic acids is 3. The lowest BCUT2D eigenvalue weighted by molar-refractivity contribution is 0.0711. The Hall–Kier alpha value is -4.51. The van der Waals surface area contributed by atoms with E-state index in [1.54, 1.807) is 18.4 Å². The first-order valence-corrected chi connectivity index (χ1v) is 13.3. The summed E-state index contributed by atoms with van der Waals surface area (Å²) in [5, 5.41) is 9.45. The molecule has 0 spiro atoms. The van der Waals surface area contributed by atoms with Crippen molar-refractivity contribution < 1.29 is 23.6 Å². The number of likely N-dealkylation sites (tertiary alicyclic amines) is 1. The summed E-state index contributed by atoms with van der Waals surface area (Å²) in [5.74, 6) is -0.0948. The van der Waals surface area contributed by atoms with Crippen molar-refractivity contribution >= 4 is 34.7 Å². The molecular formula is C28H27N5O5S. The second-order valence-corrected chi connectivity index (χ2v) is 10.1. The molecule has 10 nitrogen and oxygen atoms in total. The van der Waals surface area contributed by atoms with Crippen molar-refractivity contribution in [3.63, 3.8) is 0 Å². The normalized spacial score (nSPS) is 13.7. The van der Waals surface area contributed by atoms with Crippen LogP contribution in [0.25, 0.3) is 11.3 Å². The molecule has 200 valence electrons. The first-order chi connectivity index (χ1) is 18.9. The van der Waals surface area contributed by atoms with Gasteiger partial charge in [0.25, 0.3) is 11.8 Å². The molecule has 11 heteroatoms. The quantitative estimate of drug-likeness (QED) is 0.349. The summed E-state index contributed by atoms with van der Waals surface area (Å²) in [6, 6.07) is 14.1. The smallest absolute Gasteiger partial charge is 0.275 e. The average Bonchev–Trinajstić information content (AvgIpc) is 3.60. The molecule has 3 N–H and O–H groups in total. The third kappa shape index (κ3) is 5.39. The van der Waals surface area contributed by atoms with Gasteiger partial charge in [-0.25, -0.2) is 4.98 Å². The van der Waals surface area contributed by atoms with Gasteiger partial charge < -0.3 is 25.2 Å². The predicted octanol–water partition coefficient (Wildman–Crippen LogP) is 4.49. The molecule has 1 fully saturated rings. The molecule has 3 amide bonds. The standard InChI is InChI=1S/C28H27N5O5S/c1-16-23(24(32-38-16)17-6-4-3-5-7-17)28(36)33-12-10-18(11-13-33)27-31-21(15-39-27)26(35)30-20-14-19(25(29)34)8-9-22(20)37-2/h3-9,14-15,18H,10-13H2,1-2H3,(H2,29,34)(H,30,35). The third-order valence-corrected chi connectivity index (χ3v) is 7.75. The number of primary amides is 1. The van der Waals surface area contributed by atoms with E-state index in [1.807, 2.05) is 35.2 Å². The Morgan fingerprint density at radius 1 is 1.13 bits per heavy atom. The van der Waals surface area contributed by atoms with Gasteiger partial charge in [0.2, 0.25) is 5.91 Å². The maximum absolute atomic E-state index is 13.4. The maximum atomic E-state index is 13.4. The fourth-order valence-corrected chi connectivity index (χ4v) is 5.60. The van der Waals surface area contributed by atoms with E-state index in [4.69, 9.17) is 15.0 Å². The van der Waals surface area contributed by atoms with Crippen molar-refractivity contribution in [3.8, 4) is 17.0 Å². The first kappa shape index (κ1) is 26.1. The number of nitrogens with two attached hydrogens (primary N) is 1. The molecule has 0 saturated carbocycles. The number of carbonyl (C=O) groups is 3. The molecule has 0 radical (unpaired) electrons. The van der Waals surface area contributed by atoms with Gasteiger partial charge in [-0.15, -0.1) is 11.3 Å². The Morgan fingerprint density at radius 2 is 1.87 bits per heavy atom. The van der Waals surface area contributed by atoms with Gasteiger partial charge in [-0.2, -0.15) is 0 Å². The van der Waals surface area contributed by atoms with Crippen LogP contribution >= 0.6 is 11.3 Å². The van der Waals surface area contributed by atoms with Crippen molar-refractivity contribution in [2.75, 3.05) is 25.5 Å². The number of nitrogens with zero attached hydrogens (tertiary/aromatic N) is 3. The highest BCUT2D eigenvalue weighted by atomic mass is 32.1. The summed E-state index contributed by atoms with van der Waals surface area (Å²) < 4.78 is 10.7. The zero-order valence-corrected chi connectivity index (χ0v) is 22.3. The molecule has 39 heavy (non-hydrogen) atoms. The van der Waals surface area contributed by atoms with Crippen LogP contribution in [0.15, 0.2) is 58.4 Å². The Balaban J connectivity index is 1.24. The summed E-state index contributed by atoms with van der Waals surface area (Å²) in [6.07, 6.45) is 1.44. The Labute approximate surface area is 228 Å². The van der Waals surface area contributed by atoms with Gasteiger partial charge in [-0.3, -0.25) is 14.4 Å². The Kier molecular flexibility index (Phi) is 7.42. The van der Waals surface area contributed by atoms with E-state index < -0.39 is 11.8 Å². The van der Waals surface area contributed by atoms with Crippen LogP contribution < -0.4 is 15.8 Å². The summed E-state index contributed by atoms with van der Waals surface area (Å²) >= 11 is 1.42. The van der Waals surface area contributed by atoms with Crippen LogP contribution in [0.3, 0.4) is 0 Å². The lowest BCUT2D eigenvalue weighted by Gasteiger charge is -2.31.